The molecule has 4 heterocycles. The van der Waals surface area contributed by atoms with Crippen LogP contribution < -0.4 is 4.74 Å². The molecule has 2 aliphatic rings. The molecule has 0 bridgehead atoms. The summed E-state index contributed by atoms with van der Waals surface area (Å²) >= 11 is 0. The molecule has 0 atom stereocenters. The molecule has 1 N–H and O–H groups in total. The van der Waals surface area contributed by atoms with E-state index >= 15 is 0 Å². The standard InChI is InChI=1S/C31H40N4O4/c1-21(2)39-30(37)25-19-34(20-31(4,5)28-27(25)32-26-17-22(3)18-35(26)28)29(36)23-9-11-24(12-10-23)38-16-15-33-13-7-6-8-14-33/h9-12,17-19,21,32H,6-8,13-16,20H2,1-5H3. The number of piperidine rings is 1. The van der Waals surface area contributed by atoms with E-state index < -0.39 is 11.4 Å². The summed E-state index contributed by atoms with van der Waals surface area (Å²) in [4.78, 5) is 34.6. The number of hydrogen-bond acceptors (Lipinski definition) is 5. The van der Waals surface area contributed by atoms with E-state index in [0.29, 0.717) is 30.0 Å². The van der Waals surface area contributed by atoms with E-state index in [9.17, 15) is 9.59 Å². The predicted octanol–water partition coefficient (Wildman–Crippen LogP) is 5.17. The second kappa shape index (κ2) is 10.9. The van der Waals surface area contributed by atoms with Crippen LogP contribution in [0.5, 0.6) is 5.75 Å². The number of likely N-dealkylation sites (tertiary alicyclic amines) is 1. The normalized spacial score (nSPS) is 17.6. The van der Waals surface area contributed by atoms with E-state index in [1.54, 1.807) is 23.2 Å². The summed E-state index contributed by atoms with van der Waals surface area (Å²) in [5.41, 5.74) is 4.09. The van der Waals surface area contributed by atoms with Crippen LogP contribution in [-0.4, -0.2) is 70.0 Å². The summed E-state index contributed by atoms with van der Waals surface area (Å²) in [6.45, 7) is 14.1. The molecule has 1 aromatic carbocycles. The van der Waals surface area contributed by atoms with Crippen molar-refractivity contribution >= 4 is 23.1 Å². The minimum atomic E-state index is -0.458. The fourth-order valence-corrected chi connectivity index (χ4v) is 5.71. The highest BCUT2D eigenvalue weighted by Gasteiger charge is 2.38. The van der Waals surface area contributed by atoms with Crippen LogP contribution in [0.25, 0.3) is 11.2 Å². The quantitative estimate of drug-likeness (QED) is 0.425. The lowest BCUT2D eigenvalue weighted by Crippen LogP contribution is -2.37. The summed E-state index contributed by atoms with van der Waals surface area (Å²) < 4.78 is 13.6. The van der Waals surface area contributed by atoms with Crippen molar-refractivity contribution < 1.29 is 19.1 Å². The van der Waals surface area contributed by atoms with E-state index in [2.05, 4.69) is 40.4 Å². The molecule has 1 fully saturated rings. The topological polar surface area (TPSA) is 79.3 Å². The Hall–Kier alpha value is -3.52. The largest absolute Gasteiger partial charge is 0.492 e. The number of nitrogens with zero attached hydrogens (tertiary/aromatic N) is 3. The molecule has 0 spiro atoms. The van der Waals surface area contributed by atoms with Crippen molar-refractivity contribution in [3.63, 3.8) is 0 Å². The fraction of sp³-hybridized carbons (Fsp3) is 0.484. The Labute approximate surface area is 230 Å². The SMILES string of the molecule is Cc1cc2[nH]c3c(n2c1)C(C)(C)CN(C(=O)c1ccc(OCCN2CCCCC2)cc1)C=C3C(=O)OC(C)C. The molecule has 2 aliphatic heterocycles. The number of hydrogen-bond donors (Lipinski definition) is 1. The smallest absolute Gasteiger partial charge is 0.342 e. The molecule has 0 saturated carbocycles. The van der Waals surface area contributed by atoms with Gasteiger partial charge >= 0.3 is 5.97 Å². The third kappa shape index (κ3) is 5.76. The Balaban J connectivity index is 1.39. The van der Waals surface area contributed by atoms with Crippen molar-refractivity contribution in [2.45, 2.75) is 65.4 Å². The van der Waals surface area contributed by atoms with Crippen molar-refractivity contribution in [2.75, 3.05) is 32.8 Å². The molecule has 39 heavy (non-hydrogen) atoms. The van der Waals surface area contributed by atoms with Crippen LogP contribution in [0, 0.1) is 6.92 Å². The molecular formula is C31H40N4O4. The lowest BCUT2D eigenvalue weighted by atomic mass is 9.87. The van der Waals surface area contributed by atoms with E-state index in [0.717, 1.165) is 42.3 Å². The monoisotopic (exact) mass is 532 g/mol. The molecule has 5 rings (SSSR count). The van der Waals surface area contributed by atoms with E-state index in [-0.39, 0.29) is 12.0 Å². The van der Waals surface area contributed by atoms with E-state index in [1.807, 2.05) is 32.9 Å². The summed E-state index contributed by atoms with van der Waals surface area (Å²) in [5, 5.41) is 0. The Morgan fingerprint density at radius 1 is 1.08 bits per heavy atom. The number of rotatable bonds is 7. The molecule has 3 aromatic rings. The number of esters is 1. The molecule has 8 heteroatoms. The first-order valence-corrected chi connectivity index (χ1v) is 14.0. The third-order valence-corrected chi connectivity index (χ3v) is 7.50. The Morgan fingerprint density at radius 3 is 2.49 bits per heavy atom. The average molecular weight is 533 g/mol. The Kier molecular flexibility index (Phi) is 7.58. The third-order valence-electron chi connectivity index (χ3n) is 7.50. The van der Waals surface area contributed by atoms with Crippen LogP contribution in [0.4, 0.5) is 0 Å². The fourth-order valence-electron chi connectivity index (χ4n) is 5.71. The van der Waals surface area contributed by atoms with Crippen molar-refractivity contribution in [3.8, 4) is 5.75 Å². The molecule has 8 nitrogen and oxygen atoms in total. The number of amides is 1. The number of benzene rings is 1. The highest BCUT2D eigenvalue weighted by atomic mass is 16.5. The maximum absolute atomic E-state index is 13.8. The van der Waals surface area contributed by atoms with Gasteiger partial charge in [0.25, 0.3) is 5.91 Å². The van der Waals surface area contributed by atoms with Crippen LogP contribution in [0.1, 0.15) is 74.3 Å². The summed E-state index contributed by atoms with van der Waals surface area (Å²) in [5.74, 6) is 0.111. The number of carbonyl (C=O) groups is 2. The van der Waals surface area contributed by atoms with E-state index in [1.165, 1.54) is 19.3 Å². The number of aromatic amines is 1. The molecule has 0 radical (unpaired) electrons. The number of aryl methyl sites for hydroxylation is 1. The summed E-state index contributed by atoms with van der Waals surface area (Å²) in [7, 11) is 0. The second-order valence-corrected chi connectivity index (χ2v) is 11.7. The highest BCUT2D eigenvalue weighted by Crippen LogP contribution is 2.37. The van der Waals surface area contributed by atoms with Gasteiger partial charge in [-0.2, -0.15) is 0 Å². The first-order valence-electron chi connectivity index (χ1n) is 14.0. The molecule has 208 valence electrons. The predicted molar refractivity (Wildman–Crippen MR) is 152 cm³/mol. The zero-order chi connectivity index (χ0) is 27.7. The molecule has 0 aliphatic carbocycles. The van der Waals surface area contributed by atoms with Gasteiger partial charge in [-0.05, 0) is 82.6 Å². The minimum Gasteiger partial charge on any atom is -0.492 e. The molecule has 0 unspecified atom stereocenters. The lowest BCUT2D eigenvalue weighted by Gasteiger charge is -2.29. The Bertz CT molecular complexity index is 1370. The van der Waals surface area contributed by atoms with Gasteiger partial charge in [0, 0.05) is 36.5 Å². The van der Waals surface area contributed by atoms with Gasteiger partial charge in [-0.15, -0.1) is 0 Å². The van der Waals surface area contributed by atoms with Gasteiger partial charge in [-0.1, -0.05) is 20.3 Å². The van der Waals surface area contributed by atoms with Crippen molar-refractivity contribution in [1.29, 1.82) is 0 Å². The van der Waals surface area contributed by atoms with Crippen LogP contribution in [-0.2, 0) is 14.9 Å². The number of nitrogens with one attached hydrogen (secondary N) is 1. The first kappa shape index (κ1) is 27.1. The second-order valence-electron chi connectivity index (χ2n) is 11.7. The van der Waals surface area contributed by atoms with Crippen LogP contribution in [0.3, 0.4) is 0 Å². The summed E-state index contributed by atoms with van der Waals surface area (Å²) in [6.07, 6.45) is 7.25. The van der Waals surface area contributed by atoms with Crippen molar-refractivity contribution in [3.05, 3.63) is 65.2 Å². The maximum atomic E-state index is 13.8. The van der Waals surface area contributed by atoms with Crippen molar-refractivity contribution in [1.82, 2.24) is 19.2 Å². The number of fused-ring (bicyclic) bond motifs is 3. The van der Waals surface area contributed by atoms with Gasteiger partial charge in [0.2, 0.25) is 0 Å². The minimum absolute atomic E-state index is 0.178. The molecule has 1 saturated heterocycles. The number of carbonyl (C=O) groups excluding carboxylic acids is 2. The molecule has 1 amide bonds. The van der Waals surface area contributed by atoms with Gasteiger partial charge in [-0.25, -0.2) is 4.79 Å². The van der Waals surface area contributed by atoms with Gasteiger partial charge in [0.15, 0.2) is 0 Å². The van der Waals surface area contributed by atoms with Gasteiger partial charge in [-0.3, -0.25) is 9.69 Å². The van der Waals surface area contributed by atoms with Crippen molar-refractivity contribution in [2.24, 2.45) is 0 Å². The first-order chi connectivity index (χ1) is 18.6. The van der Waals surface area contributed by atoms with Crippen LogP contribution >= 0.6 is 0 Å². The highest BCUT2D eigenvalue weighted by molar-refractivity contribution is 6.17. The van der Waals surface area contributed by atoms with Crippen LogP contribution in [0.15, 0.2) is 42.7 Å². The van der Waals surface area contributed by atoms with Gasteiger partial charge in [0.1, 0.15) is 23.6 Å². The number of H-pyrrole nitrogens is 1. The lowest BCUT2D eigenvalue weighted by molar-refractivity contribution is -0.140. The zero-order valence-electron chi connectivity index (χ0n) is 23.8. The number of imidazole rings is 1. The van der Waals surface area contributed by atoms with Gasteiger partial charge < -0.3 is 23.8 Å². The number of ether oxygens (including phenoxy) is 2. The molecular weight excluding hydrogens is 492 g/mol. The average Bonchev–Trinajstić information content (AvgIpc) is 3.38. The van der Waals surface area contributed by atoms with E-state index in [4.69, 9.17) is 9.47 Å². The molecule has 2 aromatic heterocycles. The zero-order valence-corrected chi connectivity index (χ0v) is 23.8. The number of aromatic nitrogens is 2. The Morgan fingerprint density at radius 2 is 1.79 bits per heavy atom. The summed E-state index contributed by atoms with van der Waals surface area (Å²) in [6, 6.07) is 9.33. The van der Waals surface area contributed by atoms with Gasteiger partial charge in [0.05, 0.1) is 17.5 Å². The maximum Gasteiger partial charge on any atom is 0.342 e. The van der Waals surface area contributed by atoms with Crippen LogP contribution in [0.2, 0.25) is 0 Å².